The summed E-state index contributed by atoms with van der Waals surface area (Å²) in [6.45, 7) is 1.46. The second kappa shape index (κ2) is 9.17. The van der Waals surface area contributed by atoms with Crippen molar-refractivity contribution in [2.45, 2.75) is 25.4 Å². The first kappa shape index (κ1) is 19.7. The average molecular weight is 370 g/mol. The highest BCUT2D eigenvalue weighted by atomic mass is 32.2. The predicted octanol–water partition coefficient (Wildman–Crippen LogP) is 0.795. The molecule has 2 rings (SSSR count). The van der Waals surface area contributed by atoms with E-state index in [9.17, 15) is 13.2 Å². The number of sulfonamides is 1. The molecule has 140 valence electrons. The molecule has 8 heteroatoms. The summed E-state index contributed by atoms with van der Waals surface area (Å²) in [5.41, 5.74) is 0.997. The van der Waals surface area contributed by atoms with Gasteiger partial charge in [-0.05, 0) is 37.0 Å². The van der Waals surface area contributed by atoms with Crippen LogP contribution in [0.1, 0.15) is 18.4 Å². The van der Waals surface area contributed by atoms with E-state index in [2.05, 4.69) is 5.32 Å². The standard InChI is InChI=1S/C17H26N2O5S/c1-23-15-6-3-5-14(13-15)8-10-19(25(2,21)22)11-9-18-17(20)16-7-4-12-24-16/h3,5-6,13,16H,4,7-12H2,1-2H3,(H,18,20). The van der Waals surface area contributed by atoms with Crippen LogP contribution >= 0.6 is 0 Å². The maximum absolute atomic E-state index is 12.0. The number of nitrogens with one attached hydrogen (secondary N) is 1. The highest BCUT2D eigenvalue weighted by molar-refractivity contribution is 7.88. The molecule has 7 nitrogen and oxygen atoms in total. The van der Waals surface area contributed by atoms with Gasteiger partial charge >= 0.3 is 0 Å². The van der Waals surface area contributed by atoms with E-state index >= 15 is 0 Å². The fourth-order valence-electron chi connectivity index (χ4n) is 2.73. The van der Waals surface area contributed by atoms with E-state index in [-0.39, 0.29) is 19.0 Å². The largest absolute Gasteiger partial charge is 0.497 e. The Morgan fingerprint density at radius 2 is 2.20 bits per heavy atom. The molecule has 1 aliphatic rings. The quantitative estimate of drug-likeness (QED) is 0.695. The maximum Gasteiger partial charge on any atom is 0.249 e. The number of ether oxygens (including phenoxy) is 2. The lowest BCUT2D eigenvalue weighted by Gasteiger charge is -2.20. The van der Waals surface area contributed by atoms with Crippen molar-refractivity contribution in [3.05, 3.63) is 29.8 Å². The number of methoxy groups -OCH3 is 1. The van der Waals surface area contributed by atoms with Crippen molar-refractivity contribution in [2.75, 3.05) is 39.6 Å². The van der Waals surface area contributed by atoms with Crippen LogP contribution < -0.4 is 10.1 Å². The van der Waals surface area contributed by atoms with Crippen LogP contribution in [-0.2, 0) is 26.0 Å². The minimum atomic E-state index is -3.35. The molecular formula is C17H26N2O5S. The minimum absolute atomic E-state index is 0.168. The fraction of sp³-hybridized carbons (Fsp3) is 0.588. The van der Waals surface area contributed by atoms with Crippen molar-refractivity contribution in [3.8, 4) is 5.75 Å². The van der Waals surface area contributed by atoms with Gasteiger partial charge in [0.05, 0.1) is 13.4 Å². The third-order valence-electron chi connectivity index (χ3n) is 4.14. The lowest BCUT2D eigenvalue weighted by Crippen LogP contribution is -2.41. The van der Waals surface area contributed by atoms with Gasteiger partial charge in [-0.25, -0.2) is 12.7 Å². The van der Waals surface area contributed by atoms with Crippen molar-refractivity contribution in [3.63, 3.8) is 0 Å². The molecule has 0 radical (unpaired) electrons. The SMILES string of the molecule is COc1cccc(CCN(CCNC(=O)C2CCCO2)S(C)(=O)=O)c1. The zero-order chi connectivity index (χ0) is 18.3. The Balaban J connectivity index is 1.85. The van der Waals surface area contributed by atoms with E-state index in [0.717, 1.165) is 24.2 Å². The molecule has 1 atom stereocenters. The van der Waals surface area contributed by atoms with E-state index in [0.29, 0.717) is 19.6 Å². The number of carbonyl (C=O) groups excluding carboxylic acids is 1. The van der Waals surface area contributed by atoms with Gasteiger partial charge < -0.3 is 14.8 Å². The summed E-state index contributed by atoms with van der Waals surface area (Å²) in [6.07, 6.45) is 2.96. The number of benzene rings is 1. The number of hydrogen-bond donors (Lipinski definition) is 1. The number of rotatable bonds is 9. The number of nitrogens with zero attached hydrogens (tertiary/aromatic N) is 1. The first-order chi connectivity index (χ1) is 11.9. The van der Waals surface area contributed by atoms with E-state index in [1.165, 1.54) is 10.6 Å². The van der Waals surface area contributed by atoms with E-state index in [1.807, 2.05) is 24.3 Å². The number of amides is 1. The molecule has 1 aliphatic heterocycles. The third-order valence-corrected chi connectivity index (χ3v) is 5.44. The van der Waals surface area contributed by atoms with Gasteiger partial charge in [0.25, 0.3) is 0 Å². The molecule has 1 aromatic carbocycles. The molecule has 1 N–H and O–H groups in total. The Kier molecular flexibility index (Phi) is 7.22. The first-order valence-corrected chi connectivity index (χ1v) is 10.2. The summed E-state index contributed by atoms with van der Waals surface area (Å²) in [5, 5.41) is 2.75. The van der Waals surface area contributed by atoms with Crippen molar-refractivity contribution in [2.24, 2.45) is 0 Å². The van der Waals surface area contributed by atoms with Crippen molar-refractivity contribution >= 4 is 15.9 Å². The highest BCUT2D eigenvalue weighted by Crippen LogP contribution is 2.14. The van der Waals surface area contributed by atoms with E-state index in [4.69, 9.17) is 9.47 Å². The molecule has 0 spiro atoms. The summed E-state index contributed by atoms with van der Waals surface area (Å²) >= 11 is 0. The van der Waals surface area contributed by atoms with Crippen LogP contribution in [0.5, 0.6) is 5.75 Å². The van der Waals surface area contributed by atoms with Gasteiger partial charge in [-0.15, -0.1) is 0 Å². The van der Waals surface area contributed by atoms with E-state index in [1.54, 1.807) is 7.11 Å². The molecule has 0 saturated carbocycles. The molecule has 1 saturated heterocycles. The highest BCUT2D eigenvalue weighted by Gasteiger charge is 2.23. The van der Waals surface area contributed by atoms with Gasteiger partial charge in [-0.1, -0.05) is 12.1 Å². The normalized spacial score (nSPS) is 17.6. The summed E-state index contributed by atoms with van der Waals surface area (Å²) in [5.74, 6) is 0.575. The Morgan fingerprint density at radius 1 is 1.40 bits per heavy atom. The Bertz CT molecular complexity index is 671. The maximum atomic E-state index is 12.0. The fourth-order valence-corrected chi connectivity index (χ4v) is 3.57. The van der Waals surface area contributed by atoms with Crippen LogP contribution in [0.3, 0.4) is 0 Å². The molecular weight excluding hydrogens is 344 g/mol. The van der Waals surface area contributed by atoms with E-state index < -0.39 is 16.1 Å². The monoisotopic (exact) mass is 370 g/mol. The molecule has 25 heavy (non-hydrogen) atoms. The van der Waals surface area contributed by atoms with Crippen LogP contribution in [0.15, 0.2) is 24.3 Å². The zero-order valence-electron chi connectivity index (χ0n) is 14.7. The first-order valence-electron chi connectivity index (χ1n) is 8.37. The van der Waals surface area contributed by atoms with Gasteiger partial charge in [0.1, 0.15) is 11.9 Å². The Hall–Kier alpha value is -1.64. The lowest BCUT2D eigenvalue weighted by atomic mass is 10.1. The van der Waals surface area contributed by atoms with Crippen molar-refractivity contribution in [1.29, 1.82) is 0 Å². The molecule has 1 fully saturated rings. The molecule has 1 unspecified atom stereocenters. The van der Waals surface area contributed by atoms with Crippen molar-refractivity contribution in [1.82, 2.24) is 9.62 Å². The summed E-state index contributed by atoms with van der Waals surface area (Å²) < 4.78 is 35.8. The van der Waals surface area contributed by atoms with Gasteiger partial charge in [-0.3, -0.25) is 4.79 Å². The van der Waals surface area contributed by atoms with Crippen LogP contribution in [0.2, 0.25) is 0 Å². The summed E-state index contributed by atoms with van der Waals surface area (Å²) in [7, 11) is -1.75. The average Bonchev–Trinajstić information content (AvgIpc) is 3.11. The second-order valence-corrected chi connectivity index (χ2v) is 8.04. The third kappa shape index (κ3) is 6.30. The molecule has 0 aromatic heterocycles. The van der Waals surface area contributed by atoms with Gasteiger partial charge in [0.15, 0.2) is 0 Å². The Morgan fingerprint density at radius 3 is 2.84 bits per heavy atom. The smallest absolute Gasteiger partial charge is 0.249 e. The molecule has 0 bridgehead atoms. The second-order valence-electron chi connectivity index (χ2n) is 6.06. The predicted molar refractivity (Wildman–Crippen MR) is 95.1 cm³/mol. The number of hydrogen-bond acceptors (Lipinski definition) is 5. The van der Waals surface area contributed by atoms with Crippen LogP contribution in [0.4, 0.5) is 0 Å². The van der Waals surface area contributed by atoms with Crippen LogP contribution in [-0.4, -0.2) is 64.3 Å². The topological polar surface area (TPSA) is 84.9 Å². The van der Waals surface area contributed by atoms with Crippen molar-refractivity contribution < 1.29 is 22.7 Å². The van der Waals surface area contributed by atoms with Gasteiger partial charge in [0, 0.05) is 26.2 Å². The Labute approximate surface area is 149 Å². The minimum Gasteiger partial charge on any atom is -0.497 e. The molecule has 0 aliphatic carbocycles. The number of carbonyl (C=O) groups is 1. The summed E-state index contributed by atoms with van der Waals surface area (Å²) in [4.78, 5) is 11.9. The lowest BCUT2D eigenvalue weighted by molar-refractivity contribution is -0.130. The molecule has 1 amide bonds. The van der Waals surface area contributed by atoms with Gasteiger partial charge in [-0.2, -0.15) is 0 Å². The molecule has 1 heterocycles. The summed E-state index contributed by atoms with van der Waals surface area (Å²) in [6, 6.07) is 7.54. The van der Waals surface area contributed by atoms with Crippen LogP contribution in [0, 0.1) is 0 Å². The zero-order valence-corrected chi connectivity index (χ0v) is 15.5. The molecule has 1 aromatic rings. The van der Waals surface area contributed by atoms with Crippen LogP contribution in [0.25, 0.3) is 0 Å². The van der Waals surface area contributed by atoms with Gasteiger partial charge in [0.2, 0.25) is 15.9 Å².